The lowest BCUT2D eigenvalue weighted by Crippen LogP contribution is -2.36. The average molecular weight is 165 g/mol. The minimum Gasteiger partial charge on any atom is -0.300 e. The van der Waals surface area contributed by atoms with Crippen molar-refractivity contribution >= 4 is 0 Å². The molecule has 2 bridgehead atoms. The zero-order valence-corrected chi connectivity index (χ0v) is 7.84. The van der Waals surface area contributed by atoms with Gasteiger partial charge in [-0.05, 0) is 57.0 Å². The van der Waals surface area contributed by atoms with E-state index in [1.807, 2.05) is 0 Å². The van der Waals surface area contributed by atoms with Crippen molar-refractivity contribution in [3.63, 3.8) is 0 Å². The normalized spacial score (nSPS) is 47.5. The van der Waals surface area contributed by atoms with E-state index >= 15 is 0 Å². The van der Waals surface area contributed by atoms with E-state index in [9.17, 15) is 0 Å². The fraction of sp³-hybridized carbons (Fsp3) is 1.00. The van der Waals surface area contributed by atoms with Crippen molar-refractivity contribution in [3.05, 3.63) is 0 Å². The number of likely N-dealkylation sites (tertiary alicyclic amines) is 1. The summed E-state index contributed by atoms with van der Waals surface area (Å²) in [6.07, 6.45) is 9.15. The van der Waals surface area contributed by atoms with Crippen molar-refractivity contribution in [1.82, 2.24) is 4.90 Å². The number of rotatable bonds is 1. The topological polar surface area (TPSA) is 3.24 Å². The quantitative estimate of drug-likeness (QED) is 0.576. The maximum absolute atomic E-state index is 2.78. The zero-order valence-electron chi connectivity index (χ0n) is 7.84. The number of hydrogen-bond donors (Lipinski definition) is 0. The second-order valence-corrected chi connectivity index (χ2v) is 4.99. The van der Waals surface area contributed by atoms with Crippen LogP contribution in [0.15, 0.2) is 0 Å². The molecule has 0 radical (unpaired) electrons. The van der Waals surface area contributed by atoms with Crippen LogP contribution in [0.25, 0.3) is 0 Å². The van der Waals surface area contributed by atoms with Gasteiger partial charge in [-0.1, -0.05) is 6.42 Å². The van der Waals surface area contributed by atoms with Crippen molar-refractivity contribution < 1.29 is 0 Å². The van der Waals surface area contributed by atoms with Gasteiger partial charge in [0.25, 0.3) is 0 Å². The first-order chi connectivity index (χ1) is 5.93. The Morgan fingerprint density at radius 3 is 2.33 bits per heavy atom. The molecule has 0 spiro atoms. The lowest BCUT2D eigenvalue weighted by Gasteiger charge is -2.30. The SMILES string of the molecule is C1CCN([C@@H]2C[C@H]3CC[C@@H]2C3)C1. The molecular formula is C11H19N. The standard InChI is InChI=1S/C11H19N/c1-2-6-12(5-1)11-8-9-3-4-10(11)7-9/h9-11H,1-8H2/t9-,10+,11+/m0/s1. The molecule has 0 aromatic rings. The van der Waals surface area contributed by atoms with Crippen LogP contribution in [-0.4, -0.2) is 24.0 Å². The third-order valence-corrected chi connectivity index (χ3v) is 4.31. The number of nitrogens with zero attached hydrogens (tertiary/aromatic N) is 1. The minimum atomic E-state index is 1.02. The fourth-order valence-electron chi connectivity index (χ4n) is 3.73. The molecule has 2 aliphatic carbocycles. The Morgan fingerprint density at radius 2 is 1.75 bits per heavy atom. The first-order valence-corrected chi connectivity index (χ1v) is 5.67. The van der Waals surface area contributed by atoms with Gasteiger partial charge < -0.3 is 4.90 Å². The second-order valence-electron chi connectivity index (χ2n) is 4.99. The molecule has 1 heterocycles. The molecule has 3 fully saturated rings. The van der Waals surface area contributed by atoms with Gasteiger partial charge in [-0.25, -0.2) is 0 Å². The van der Waals surface area contributed by atoms with Gasteiger partial charge in [-0.15, -0.1) is 0 Å². The molecule has 1 nitrogen and oxygen atoms in total. The van der Waals surface area contributed by atoms with Crippen LogP contribution in [0.4, 0.5) is 0 Å². The predicted molar refractivity (Wildman–Crippen MR) is 50.0 cm³/mol. The molecule has 1 heteroatoms. The fourth-order valence-corrected chi connectivity index (χ4v) is 3.73. The Morgan fingerprint density at radius 1 is 0.917 bits per heavy atom. The molecule has 1 saturated heterocycles. The van der Waals surface area contributed by atoms with Crippen molar-refractivity contribution in [3.8, 4) is 0 Å². The maximum Gasteiger partial charge on any atom is 0.0126 e. The third-order valence-electron chi connectivity index (χ3n) is 4.31. The van der Waals surface area contributed by atoms with Crippen LogP contribution in [0.5, 0.6) is 0 Å². The van der Waals surface area contributed by atoms with Crippen LogP contribution < -0.4 is 0 Å². The van der Waals surface area contributed by atoms with E-state index in [2.05, 4.69) is 4.90 Å². The van der Waals surface area contributed by atoms with Crippen LogP contribution in [0.3, 0.4) is 0 Å². The van der Waals surface area contributed by atoms with Crippen LogP contribution >= 0.6 is 0 Å². The molecule has 0 unspecified atom stereocenters. The zero-order chi connectivity index (χ0) is 7.97. The Balaban J connectivity index is 1.69. The smallest absolute Gasteiger partial charge is 0.0126 e. The predicted octanol–water partition coefficient (Wildman–Crippen LogP) is 2.27. The first-order valence-electron chi connectivity index (χ1n) is 5.67. The van der Waals surface area contributed by atoms with E-state index in [4.69, 9.17) is 0 Å². The summed E-state index contributed by atoms with van der Waals surface area (Å²) in [5, 5.41) is 0. The molecule has 12 heavy (non-hydrogen) atoms. The van der Waals surface area contributed by atoms with Crippen molar-refractivity contribution in [1.29, 1.82) is 0 Å². The van der Waals surface area contributed by atoms with Gasteiger partial charge in [-0.3, -0.25) is 0 Å². The Bertz CT molecular complexity index is 172. The van der Waals surface area contributed by atoms with E-state index in [0.717, 1.165) is 17.9 Å². The van der Waals surface area contributed by atoms with E-state index < -0.39 is 0 Å². The lowest BCUT2D eigenvalue weighted by atomic mass is 9.94. The molecule has 0 aromatic carbocycles. The van der Waals surface area contributed by atoms with Crippen molar-refractivity contribution in [2.24, 2.45) is 11.8 Å². The van der Waals surface area contributed by atoms with E-state index in [1.165, 1.54) is 25.9 Å². The van der Waals surface area contributed by atoms with Crippen LogP contribution in [0.1, 0.15) is 38.5 Å². The summed E-state index contributed by atoms with van der Waals surface area (Å²) in [4.78, 5) is 2.78. The molecule has 3 atom stereocenters. The molecule has 0 aromatic heterocycles. The molecule has 2 saturated carbocycles. The summed E-state index contributed by atoms with van der Waals surface area (Å²) >= 11 is 0. The van der Waals surface area contributed by atoms with Gasteiger partial charge in [0.2, 0.25) is 0 Å². The molecule has 1 aliphatic heterocycles. The molecule has 3 aliphatic rings. The number of fused-ring (bicyclic) bond motifs is 2. The molecule has 68 valence electrons. The molecular weight excluding hydrogens is 146 g/mol. The molecule has 0 amide bonds. The average Bonchev–Trinajstić information content (AvgIpc) is 2.81. The van der Waals surface area contributed by atoms with Gasteiger partial charge in [0, 0.05) is 6.04 Å². The highest BCUT2D eigenvalue weighted by Crippen LogP contribution is 2.47. The summed E-state index contributed by atoms with van der Waals surface area (Å²) in [7, 11) is 0. The largest absolute Gasteiger partial charge is 0.300 e. The highest BCUT2D eigenvalue weighted by atomic mass is 15.2. The van der Waals surface area contributed by atoms with E-state index in [-0.39, 0.29) is 0 Å². The van der Waals surface area contributed by atoms with Gasteiger partial charge in [-0.2, -0.15) is 0 Å². The van der Waals surface area contributed by atoms with Crippen LogP contribution in [0.2, 0.25) is 0 Å². The van der Waals surface area contributed by atoms with Gasteiger partial charge in [0.15, 0.2) is 0 Å². The first kappa shape index (κ1) is 7.37. The Kier molecular flexibility index (Phi) is 1.68. The summed E-state index contributed by atoms with van der Waals surface area (Å²) < 4.78 is 0. The maximum atomic E-state index is 2.78. The van der Waals surface area contributed by atoms with E-state index in [0.29, 0.717) is 0 Å². The van der Waals surface area contributed by atoms with Gasteiger partial charge in [0.1, 0.15) is 0 Å². The van der Waals surface area contributed by atoms with Crippen molar-refractivity contribution in [2.75, 3.05) is 13.1 Å². The van der Waals surface area contributed by atoms with Crippen LogP contribution in [-0.2, 0) is 0 Å². The molecule has 3 rings (SSSR count). The summed E-state index contributed by atoms with van der Waals surface area (Å²) in [5.74, 6) is 2.23. The molecule has 0 N–H and O–H groups in total. The summed E-state index contributed by atoms with van der Waals surface area (Å²) in [6, 6.07) is 1.02. The Labute approximate surface area is 75.1 Å². The lowest BCUT2D eigenvalue weighted by molar-refractivity contribution is 0.175. The monoisotopic (exact) mass is 165 g/mol. The summed E-state index contributed by atoms with van der Waals surface area (Å²) in [5.41, 5.74) is 0. The highest BCUT2D eigenvalue weighted by Gasteiger charge is 2.42. The third kappa shape index (κ3) is 1.02. The summed E-state index contributed by atoms with van der Waals surface area (Å²) in [6.45, 7) is 2.82. The van der Waals surface area contributed by atoms with Crippen LogP contribution in [0, 0.1) is 11.8 Å². The number of hydrogen-bond acceptors (Lipinski definition) is 1. The van der Waals surface area contributed by atoms with Crippen molar-refractivity contribution in [2.45, 2.75) is 44.6 Å². The second kappa shape index (κ2) is 2.73. The van der Waals surface area contributed by atoms with Gasteiger partial charge >= 0.3 is 0 Å². The van der Waals surface area contributed by atoms with Gasteiger partial charge in [0.05, 0.1) is 0 Å². The Hall–Kier alpha value is -0.0400. The van der Waals surface area contributed by atoms with E-state index in [1.54, 1.807) is 25.7 Å². The highest BCUT2D eigenvalue weighted by molar-refractivity contribution is 4.96. The minimum absolute atomic E-state index is 1.02.